The third kappa shape index (κ3) is 6.63. The van der Waals surface area contributed by atoms with Crippen molar-refractivity contribution in [3.8, 4) is 0 Å². The van der Waals surface area contributed by atoms with Crippen LogP contribution in [0.25, 0.3) is 0 Å². The van der Waals surface area contributed by atoms with Gasteiger partial charge in [-0.1, -0.05) is 0 Å². The minimum absolute atomic E-state index is 0.0187. The lowest BCUT2D eigenvalue weighted by molar-refractivity contribution is -0.141. The van der Waals surface area contributed by atoms with Gasteiger partial charge < -0.3 is 15.3 Å². The number of nitrogens with one attached hydrogen (secondary N) is 1. The van der Waals surface area contributed by atoms with E-state index >= 15 is 0 Å². The predicted molar refractivity (Wildman–Crippen MR) is 65.3 cm³/mol. The Morgan fingerprint density at radius 2 is 2.00 bits per heavy atom. The van der Waals surface area contributed by atoms with E-state index in [1.807, 2.05) is 0 Å². The van der Waals surface area contributed by atoms with Gasteiger partial charge in [-0.2, -0.15) is 13.2 Å². The average Bonchev–Trinajstić information content (AvgIpc) is 3.07. The van der Waals surface area contributed by atoms with E-state index in [4.69, 9.17) is 5.11 Å². The molecule has 1 aliphatic rings. The van der Waals surface area contributed by atoms with E-state index in [-0.39, 0.29) is 18.5 Å². The lowest BCUT2D eigenvalue weighted by atomic mass is 10.1. The first-order chi connectivity index (χ1) is 9.19. The quantitative estimate of drug-likeness (QED) is 0.757. The summed E-state index contributed by atoms with van der Waals surface area (Å²) in [5.41, 5.74) is 0. The van der Waals surface area contributed by atoms with E-state index in [0.717, 1.165) is 4.90 Å². The summed E-state index contributed by atoms with van der Waals surface area (Å²) in [7, 11) is 0. The van der Waals surface area contributed by atoms with Crippen LogP contribution in [0.4, 0.5) is 18.0 Å². The minimum Gasteiger partial charge on any atom is -0.481 e. The van der Waals surface area contributed by atoms with E-state index in [1.54, 1.807) is 6.92 Å². The third-order valence-corrected chi connectivity index (χ3v) is 3.00. The number of carboxylic acid groups (broad SMARTS) is 1. The first kappa shape index (κ1) is 16.6. The summed E-state index contributed by atoms with van der Waals surface area (Å²) in [6.07, 6.45) is -2.45. The molecule has 0 spiro atoms. The van der Waals surface area contributed by atoms with Crippen LogP contribution < -0.4 is 5.32 Å². The molecule has 8 heteroatoms. The fourth-order valence-electron chi connectivity index (χ4n) is 1.87. The summed E-state index contributed by atoms with van der Waals surface area (Å²) in [5, 5.41) is 11.0. The van der Waals surface area contributed by atoms with Crippen LogP contribution in [-0.2, 0) is 4.79 Å². The fourth-order valence-corrected chi connectivity index (χ4v) is 1.87. The van der Waals surface area contributed by atoms with Crippen LogP contribution >= 0.6 is 0 Å². The second-order valence-electron chi connectivity index (χ2n) is 5.11. The van der Waals surface area contributed by atoms with Crippen molar-refractivity contribution >= 4 is 12.0 Å². The number of amides is 2. The van der Waals surface area contributed by atoms with Crippen LogP contribution in [0.5, 0.6) is 0 Å². The number of halogens is 3. The lowest BCUT2D eigenvalue weighted by Crippen LogP contribution is -2.48. The Morgan fingerprint density at radius 1 is 1.40 bits per heavy atom. The normalized spacial score (nSPS) is 16.6. The van der Waals surface area contributed by atoms with Crippen molar-refractivity contribution in [1.82, 2.24) is 10.2 Å². The van der Waals surface area contributed by atoms with Crippen molar-refractivity contribution in [3.05, 3.63) is 0 Å². The first-order valence-corrected chi connectivity index (χ1v) is 6.54. The monoisotopic (exact) mass is 296 g/mol. The SMILES string of the molecule is CC(CCCC(=O)O)NC(=O)N(CC(F)(F)F)C1CC1. The molecule has 2 N–H and O–H groups in total. The van der Waals surface area contributed by atoms with E-state index < -0.39 is 24.7 Å². The molecule has 0 aliphatic heterocycles. The highest BCUT2D eigenvalue weighted by molar-refractivity contribution is 5.75. The van der Waals surface area contributed by atoms with Crippen molar-refractivity contribution in [3.63, 3.8) is 0 Å². The van der Waals surface area contributed by atoms with E-state index in [9.17, 15) is 22.8 Å². The summed E-state index contributed by atoms with van der Waals surface area (Å²) < 4.78 is 37.2. The molecular formula is C12H19F3N2O3. The topological polar surface area (TPSA) is 69.6 Å². The summed E-state index contributed by atoms with van der Waals surface area (Å²) in [5.74, 6) is -0.930. The molecule has 0 radical (unpaired) electrons. The Balaban J connectivity index is 2.39. The maximum Gasteiger partial charge on any atom is 0.406 e. The van der Waals surface area contributed by atoms with Gasteiger partial charge in [0.25, 0.3) is 0 Å². The predicted octanol–water partition coefficient (Wildman–Crippen LogP) is 2.37. The van der Waals surface area contributed by atoms with E-state index in [1.165, 1.54) is 0 Å². The molecule has 1 atom stereocenters. The molecule has 1 fully saturated rings. The number of aliphatic carboxylic acids is 1. The Bertz CT molecular complexity index is 356. The molecule has 1 saturated carbocycles. The number of carbonyl (C=O) groups excluding carboxylic acids is 1. The van der Waals surface area contributed by atoms with Crippen LogP contribution in [0.1, 0.15) is 39.0 Å². The Labute approximate surface area is 115 Å². The molecule has 2 amide bonds. The van der Waals surface area contributed by atoms with E-state index in [2.05, 4.69) is 5.32 Å². The molecule has 0 saturated heterocycles. The molecule has 1 unspecified atom stereocenters. The molecule has 5 nitrogen and oxygen atoms in total. The van der Waals surface area contributed by atoms with Gasteiger partial charge >= 0.3 is 18.2 Å². The maximum absolute atomic E-state index is 12.4. The van der Waals surface area contributed by atoms with Crippen LogP contribution in [0.3, 0.4) is 0 Å². The standard InChI is InChI=1S/C12H19F3N2O3/c1-8(3-2-4-10(18)19)16-11(20)17(9-5-6-9)7-12(13,14)15/h8-9H,2-7H2,1H3,(H,16,20)(H,18,19). The van der Waals surface area contributed by atoms with Gasteiger partial charge in [-0.25, -0.2) is 4.79 Å². The molecule has 20 heavy (non-hydrogen) atoms. The number of hydrogen-bond donors (Lipinski definition) is 2. The van der Waals surface area contributed by atoms with Crippen LogP contribution in [-0.4, -0.2) is 46.8 Å². The molecule has 0 aromatic heterocycles. The summed E-state index contributed by atoms with van der Waals surface area (Å²) in [6.45, 7) is 0.407. The smallest absolute Gasteiger partial charge is 0.406 e. The van der Waals surface area contributed by atoms with Gasteiger partial charge in [0.05, 0.1) is 0 Å². The van der Waals surface area contributed by atoms with Gasteiger partial charge in [0.15, 0.2) is 0 Å². The number of alkyl halides is 3. The number of urea groups is 1. The fraction of sp³-hybridized carbons (Fsp3) is 0.833. The molecule has 1 aliphatic carbocycles. The second-order valence-corrected chi connectivity index (χ2v) is 5.11. The molecule has 0 heterocycles. The van der Waals surface area contributed by atoms with Gasteiger partial charge in [-0.3, -0.25) is 4.79 Å². The summed E-state index contributed by atoms with van der Waals surface area (Å²) in [6, 6.07) is -1.41. The zero-order valence-corrected chi connectivity index (χ0v) is 11.2. The first-order valence-electron chi connectivity index (χ1n) is 6.54. The average molecular weight is 296 g/mol. The Hall–Kier alpha value is -1.47. The van der Waals surface area contributed by atoms with Crippen molar-refractivity contribution in [2.45, 2.75) is 57.3 Å². The van der Waals surface area contributed by atoms with Crippen molar-refractivity contribution in [1.29, 1.82) is 0 Å². The number of nitrogens with zero attached hydrogens (tertiary/aromatic N) is 1. The number of carboxylic acids is 1. The molecule has 0 aromatic carbocycles. The summed E-state index contributed by atoms with van der Waals surface area (Å²) in [4.78, 5) is 23.0. The van der Waals surface area contributed by atoms with Crippen molar-refractivity contribution in [2.75, 3.05) is 6.54 Å². The second kappa shape index (κ2) is 6.81. The number of rotatable bonds is 7. The van der Waals surface area contributed by atoms with Gasteiger partial charge in [0.1, 0.15) is 6.54 Å². The number of hydrogen-bond acceptors (Lipinski definition) is 2. The molecular weight excluding hydrogens is 277 g/mol. The highest BCUT2D eigenvalue weighted by Crippen LogP contribution is 2.30. The van der Waals surface area contributed by atoms with Gasteiger partial charge in [0.2, 0.25) is 0 Å². The highest BCUT2D eigenvalue weighted by Gasteiger charge is 2.40. The zero-order chi connectivity index (χ0) is 15.3. The maximum atomic E-state index is 12.4. The minimum atomic E-state index is -4.41. The van der Waals surface area contributed by atoms with Crippen LogP contribution in [0.2, 0.25) is 0 Å². The van der Waals surface area contributed by atoms with Crippen LogP contribution in [0, 0.1) is 0 Å². The van der Waals surface area contributed by atoms with Gasteiger partial charge in [-0.15, -0.1) is 0 Å². The molecule has 0 bridgehead atoms. The van der Waals surface area contributed by atoms with E-state index in [0.29, 0.717) is 25.7 Å². The third-order valence-electron chi connectivity index (χ3n) is 3.00. The lowest BCUT2D eigenvalue weighted by Gasteiger charge is -2.26. The van der Waals surface area contributed by atoms with Gasteiger partial charge in [-0.05, 0) is 32.6 Å². The molecule has 1 rings (SSSR count). The van der Waals surface area contributed by atoms with Crippen molar-refractivity contribution in [2.24, 2.45) is 0 Å². The Kier molecular flexibility index (Phi) is 5.64. The zero-order valence-electron chi connectivity index (χ0n) is 11.2. The Morgan fingerprint density at radius 3 is 2.45 bits per heavy atom. The highest BCUT2D eigenvalue weighted by atomic mass is 19.4. The van der Waals surface area contributed by atoms with Crippen LogP contribution in [0.15, 0.2) is 0 Å². The summed E-state index contributed by atoms with van der Waals surface area (Å²) >= 11 is 0. The molecule has 116 valence electrons. The largest absolute Gasteiger partial charge is 0.481 e. The van der Waals surface area contributed by atoms with Crippen molar-refractivity contribution < 1.29 is 27.9 Å². The molecule has 0 aromatic rings. The van der Waals surface area contributed by atoms with Gasteiger partial charge in [0, 0.05) is 18.5 Å². The number of carbonyl (C=O) groups is 2.